The van der Waals surface area contributed by atoms with E-state index in [1.165, 1.54) is 16.3 Å². The first-order valence-electron chi connectivity index (χ1n) is 22.6. The van der Waals surface area contributed by atoms with E-state index in [9.17, 15) is 14.4 Å². The van der Waals surface area contributed by atoms with Crippen molar-refractivity contribution < 1.29 is 23.9 Å². The average Bonchev–Trinajstić information content (AvgIpc) is 3.93. The van der Waals surface area contributed by atoms with Crippen LogP contribution in [0.25, 0.3) is 33.4 Å². The molecule has 4 aliphatic heterocycles. The molecule has 1 saturated carbocycles. The molecule has 4 fully saturated rings. The van der Waals surface area contributed by atoms with Crippen LogP contribution in [0, 0.1) is 16.7 Å². The van der Waals surface area contributed by atoms with E-state index < -0.39 is 22.9 Å². The number of aryl methyl sites for hydroxylation is 1. The first kappa shape index (κ1) is 42.9. The zero-order valence-electron chi connectivity index (χ0n) is 37.5. The molecule has 15 heteroatoms. The lowest BCUT2D eigenvalue weighted by molar-refractivity contribution is -0.156. The minimum absolute atomic E-state index is 0.0629. The first-order chi connectivity index (χ1) is 29.8. The molecule has 5 atom stereocenters. The van der Waals surface area contributed by atoms with E-state index in [0.29, 0.717) is 38.3 Å². The van der Waals surface area contributed by atoms with Gasteiger partial charge < -0.3 is 34.1 Å². The van der Waals surface area contributed by atoms with Crippen LogP contribution >= 0.6 is 11.3 Å². The molecule has 0 radical (unpaired) electrons. The highest BCUT2D eigenvalue weighted by molar-refractivity contribution is 7.10. The number of esters is 1. The van der Waals surface area contributed by atoms with Crippen molar-refractivity contribution in [1.29, 1.82) is 0 Å². The smallest absolute Gasteiger partial charge is 0.324 e. The third-order valence-corrected chi connectivity index (χ3v) is 15.2. The second-order valence-electron chi connectivity index (χ2n) is 19.3. The molecule has 5 aliphatic rings. The van der Waals surface area contributed by atoms with Gasteiger partial charge in [0.25, 0.3) is 5.91 Å². The van der Waals surface area contributed by atoms with Crippen LogP contribution in [0.4, 0.5) is 5.69 Å². The summed E-state index contributed by atoms with van der Waals surface area (Å²) in [5.41, 5.74) is 10.4. The van der Waals surface area contributed by atoms with Gasteiger partial charge in [0, 0.05) is 98.7 Å². The predicted molar refractivity (Wildman–Crippen MR) is 242 cm³/mol. The van der Waals surface area contributed by atoms with E-state index in [-0.39, 0.29) is 36.9 Å². The zero-order chi connectivity index (χ0) is 43.5. The van der Waals surface area contributed by atoms with Crippen LogP contribution in [0.5, 0.6) is 0 Å². The number of carbonyl (C=O) groups is 3. The number of rotatable bonds is 7. The maximum Gasteiger partial charge on any atom is 0.324 e. The molecule has 332 valence electrons. The van der Waals surface area contributed by atoms with E-state index in [2.05, 4.69) is 101 Å². The molecule has 2 amide bonds. The normalized spacial score (nSPS) is 26.5. The number of hydrazine groups is 1. The first-order valence-corrected chi connectivity index (χ1v) is 23.5. The number of likely N-dealkylation sites (tertiary alicyclic amines) is 1. The number of nitrogens with one attached hydrogen (secondary N) is 2. The maximum absolute atomic E-state index is 14.5. The highest BCUT2D eigenvalue weighted by Gasteiger charge is 2.57. The van der Waals surface area contributed by atoms with Crippen molar-refractivity contribution in [2.75, 3.05) is 78.5 Å². The molecule has 3 saturated heterocycles. The van der Waals surface area contributed by atoms with Gasteiger partial charge in [0.05, 0.1) is 52.1 Å². The van der Waals surface area contributed by atoms with Crippen molar-refractivity contribution >= 4 is 45.7 Å². The van der Waals surface area contributed by atoms with Crippen LogP contribution in [-0.4, -0.2) is 133 Å². The number of fused-ring (bicyclic) bond motifs is 7. The van der Waals surface area contributed by atoms with E-state index in [0.717, 1.165) is 107 Å². The van der Waals surface area contributed by atoms with Gasteiger partial charge in [-0.1, -0.05) is 19.9 Å². The number of pyridine rings is 1. The largest absolute Gasteiger partial charge is 0.464 e. The number of piperazine rings is 1. The number of aromatic nitrogens is 3. The Bertz CT molecular complexity index is 2350. The summed E-state index contributed by atoms with van der Waals surface area (Å²) in [6.07, 6.45) is 5.61. The lowest BCUT2D eigenvalue weighted by atomic mass is 9.61. The Labute approximate surface area is 369 Å². The van der Waals surface area contributed by atoms with Gasteiger partial charge in [0.1, 0.15) is 12.1 Å². The summed E-state index contributed by atoms with van der Waals surface area (Å²) in [4.78, 5) is 59.9. The van der Waals surface area contributed by atoms with Gasteiger partial charge >= 0.3 is 5.97 Å². The Kier molecular flexibility index (Phi) is 11.7. The van der Waals surface area contributed by atoms with Crippen LogP contribution in [0.15, 0.2) is 35.8 Å². The van der Waals surface area contributed by atoms with Crippen molar-refractivity contribution in [2.24, 2.45) is 16.7 Å². The number of thiazole rings is 1. The summed E-state index contributed by atoms with van der Waals surface area (Å²) in [5.74, 6) is -0.418. The fraction of sp³-hybridized carbons (Fsp3) is 0.596. The summed E-state index contributed by atoms with van der Waals surface area (Å²) in [6.45, 7) is 15.3. The molecule has 62 heavy (non-hydrogen) atoms. The van der Waals surface area contributed by atoms with Gasteiger partial charge in [-0.15, -0.1) is 11.3 Å². The lowest BCUT2D eigenvalue weighted by Gasteiger charge is -2.43. The van der Waals surface area contributed by atoms with Gasteiger partial charge in [0.15, 0.2) is 0 Å². The number of anilines is 1. The van der Waals surface area contributed by atoms with Gasteiger partial charge in [-0.05, 0) is 89.7 Å². The number of methoxy groups -OCH3 is 1. The average molecular weight is 866 g/mol. The predicted octanol–water partition coefficient (Wildman–Crippen LogP) is 5.30. The molecule has 1 aliphatic carbocycles. The number of hydrogen-bond acceptors (Lipinski definition) is 12. The van der Waals surface area contributed by atoms with E-state index in [1.807, 2.05) is 6.20 Å². The van der Waals surface area contributed by atoms with Crippen LogP contribution in [-0.2, 0) is 43.2 Å². The Balaban J connectivity index is 1.15. The highest BCUT2D eigenvalue weighted by atomic mass is 32.1. The van der Waals surface area contributed by atoms with Crippen LogP contribution in [0.2, 0.25) is 0 Å². The fourth-order valence-electron chi connectivity index (χ4n) is 10.6. The van der Waals surface area contributed by atoms with Gasteiger partial charge in [-0.2, -0.15) is 0 Å². The summed E-state index contributed by atoms with van der Waals surface area (Å²) in [5, 5.41) is 8.68. The second kappa shape index (κ2) is 16.9. The number of cyclic esters (lactones) is 1. The molecule has 0 unspecified atom stereocenters. The molecular formula is C47H63N9O5S. The number of nitrogens with zero attached hydrogens (tertiary/aromatic N) is 7. The number of benzene rings is 1. The molecule has 9 rings (SSSR count). The molecule has 2 N–H and O–H groups in total. The van der Waals surface area contributed by atoms with Crippen molar-refractivity contribution in [2.45, 2.75) is 91.0 Å². The van der Waals surface area contributed by atoms with Crippen molar-refractivity contribution in [1.82, 2.24) is 40.1 Å². The highest BCUT2D eigenvalue weighted by Crippen LogP contribution is 2.52. The van der Waals surface area contributed by atoms with E-state index in [4.69, 9.17) is 19.4 Å². The van der Waals surface area contributed by atoms with E-state index >= 15 is 0 Å². The Morgan fingerprint density at radius 2 is 1.90 bits per heavy atom. The van der Waals surface area contributed by atoms with Crippen LogP contribution < -0.4 is 15.6 Å². The minimum Gasteiger partial charge on any atom is -0.464 e. The van der Waals surface area contributed by atoms with E-state index in [1.54, 1.807) is 7.11 Å². The Morgan fingerprint density at radius 3 is 2.63 bits per heavy atom. The summed E-state index contributed by atoms with van der Waals surface area (Å²) < 4.78 is 14.6. The van der Waals surface area contributed by atoms with Gasteiger partial charge in [0.2, 0.25) is 5.91 Å². The monoisotopic (exact) mass is 865 g/mol. The SMILES string of the molecule is CCn1c(-c2cc(N3CCN(C)CC3)cnc2[C@H](C)OC)c2c3cc(ccc31)-c1csc(n1)C[C@H](NC(=O)[C@]13CC[C@H]1CN(C)C3)C(=O)N1CCC[C@H](N1)C(=O)OCC(C)(C)C2. The molecule has 4 aromatic rings. The number of amides is 2. The molecule has 14 nitrogen and oxygen atoms in total. The van der Waals surface area contributed by atoms with Crippen LogP contribution in [0.3, 0.4) is 0 Å². The second-order valence-corrected chi connectivity index (χ2v) is 20.2. The molecular weight excluding hydrogens is 803 g/mol. The standard InChI is InChI=1S/C47H63N9O5S/c1-8-55-39-12-11-30-20-33(39)35(42(55)34-21-32(24-48-41(34)29(2)60-7)54-18-16-52(5)17-19-54)23-46(3,4)28-61-44(58)36-10-9-15-56(51-36)43(57)37(22-40-49-38(30)26-62-40)50-45(59)47-14-13-31(47)25-53(6)27-47/h11-12,20-21,24,26,29,31,36-37,51H,8-10,13-19,22-23,25,27-28H2,1-7H3,(H,50,59)/t29-,31-,36-,37-,47-/m0/s1. The Hall–Kier alpha value is -4.41. The van der Waals surface area contributed by atoms with Gasteiger partial charge in [-0.25, -0.2) is 10.4 Å². The zero-order valence-corrected chi connectivity index (χ0v) is 38.3. The van der Waals surface area contributed by atoms with Crippen molar-refractivity contribution in [3.8, 4) is 22.5 Å². The Morgan fingerprint density at radius 1 is 1.10 bits per heavy atom. The third kappa shape index (κ3) is 7.92. The molecule has 6 bridgehead atoms. The summed E-state index contributed by atoms with van der Waals surface area (Å²) >= 11 is 1.51. The topological polar surface area (TPSA) is 137 Å². The third-order valence-electron chi connectivity index (χ3n) is 14.3. The fourth-order valence-corrected chi connectivity index (χ4v) is 11.5. The molecule has 1 aromatic carbocycles. The lowest BCUT2D eigenvalue weighted by Crippen LogP contribution is -2.62. The number of carbonyl (C=O) groups excluding carboxylic acids is 3. The molecule has 3 aromatic heterocycles. The number of ether oxygens (including phenoxy) is 2. The van der Waals surface area contributed by atoms with Gasteiger partial charge in [-0.3, -0.25) is 24.4 Å². The van der Waals surface area contributed by atoms with Crippen molar-refractivity contribution in [3.05, 3.63) is 52.1 Å². The minimum atomic E-state index is -0.850. The van der Waals surface area contributed by atoms with Crippen LogP contribution in [0.1, 0.15) is 75.7 Å². The summed E-state index contributed by atoms with van der Waals surface area (Å²) in [6, 6.07) is 7.35. The van der Waals surface area contributed by atoms with Crippen molar-refractivity contribution in [3.63, 3.8) is 0 Å². The molecule has 0 spiro atoms. The number of likely N-dealkylation sites (N-methyl/N-ethyl adjacent to an activating group) is 1. The quantitative estimate of drug-likeness (QED) is 0.235. The molecule has 7 heterocycles. The maximum atomic E-state index is 14.5. The number of hydrogen-bond donors (Lipinski definition) is 2. The summed E-state index contributed by atoms with van der Waals surface area (Å²) in [7, 11) is 5.96.